The van der Waals surface area contributed by atoms with Crippen LogP contribution in [0.5, 0.6) is 0 Å². The van der Waals surface area contributed by atoms with Gasteiger partial charge in [0, 0.05) is 49.4 Å². The third-order valence-corrected chi connectivity index (χ3v) is 11.4. The normalized spacial score (nSPS) is 11.4. The Morgan fingerprint density at radius 2 is 0.814 bits per heavy atom. The van der Waals surface area contributed by atoms with Gasteiger partial charge < -0.3 is 4.90 Å². The van der Waals surface area contributed by atoms with Crippen LogP contribution in [0, 0.1) is 0 Å². The van der Waals surface area contributed by atoms with Crippen LogP contribution < -0.4 is 4.90 Å². The maximum absolute atomic E-state index is 5.33. The summed E-state index contributed by atoms with van der Waals surface area (Å²) in [5.74, 6) is 0. The number of benzene rings is 9. The van der Waals surface area contributed by atoms with E-state index in [4.69, 9.17) is 9.97 Å². The molecule has 3 nitrogen and oxygen atoms in total. The van der Waals surface area contributed by atoms with Crippen LogP contribution in [-0.4, -0.2) is 9.97 Å². The molecule has 0 amide bonds. The Hall–Kier alpha value is -7.88. The third kappa shape index (κ3) is 6.17. The summed E-state index contributed by atoms with van der Waals surface area (Å²) in [5, 5.41) is 6.97. The number of anilines is 3. The van der Waals surface area contributed by atoms with Gasteiger partial charge >= 0.3 is 0 Å². The molecule has 11 aromatic rings. The Morgan fingerprint density at radius 1 is 0.305 bits per heavy atom. The zero-order valence-corrected chi connectivity index (χ0v) is 32.2. The fraction of sp³-hybridized carbons (Fsp3) is 0. The van der Waals surface area contributed by atoms with E-state index in [0.717, 1.165) is 66.8 Å². The summed E-state index contributed by atoms with van der Waals surface area (Å²) in [7, 11) is 0. The second-order valence-electron chi connectivity index (χ2n) is 14.9. The molecule has 0 saturated heterocycles. The van der Waals surface area contributed by atoms with E-state index in [9.17, 15) is 0 Å². The second-order valence-corrected chi connectivity index (χ2v) is 14.9. The first-order valence-corrected chi connectivity index (χ1v) is 20.1. The first-order valence-electron chi connectivity index (χ1n) is 20.1. The summed E-state index contributed by atoms with van der Waals surface area (Å²) >= 11 is 0. The molecule has 0 radical (unpaired) electrons. The minimum Gasteiger partial charge on any atom is -0.310 e. The molecule has 9 aromatic carbocycles. The summed E-state index contributed by atoms with van der Waals surface area (Å²) in [5.41, 5.74) is 14.1. The predicted octanol–water partition coefficient (Wildman–Crippen LogP) is 15.2. The van der Waals surface area contributed by atoms with Crippen molar-refractivity contribution < 1.29 is 0 Å². The summed E-state index contributed by atoms with van der Waals surface area (Å²) in [6, 6.07) is 79.8. The standard InChI is InChI=1S/C56H37N3/c1-4-15-38(16-5-1)39-27-29-40(30-28-39)50-37-53(57-51-24-12-10-21-45(50)51)41-31-33-42(34-32-41)56-49-36-35-46-47(55(49)48-22-11-13-25-52(48)58-56)23-14-26-54(46)59(43-17-6-2-7-18-43)44-19-8-3-9-20-44/h1-37H. The lowest BCUT2D eigenvalue weighted by Gasteiger charge is -2.27. The lowest BCUT2D eigenvalue weighted by atomic mass is 9.93. The van der Waals surface area contributed by atoms with Crippen LogP contribution in [0.2, 0.25) is 0 Å². The van der Waals surface area contributed by atoms with Gasteiger partial charge in [0.25, 0.3) is 0 Å². The van der Waals surface area contributed by atoms with Crippen LogP contribution in [0.3, 0.4) is 0 Å². The van der Waals surface area contributed by atoms with Gasteiger partial charge in [-0.25, -0.2) is 9.97 Å². The van der Waals surface area contributed by atoms with E-state index in [1.165, 1.54) is 38.4 Å². The fourth-order valence-corrected chi connectivity index (χ4v) is 8.62. The zero-order valence-electron chi connectivity index (χ0n) is 32.2. The highest BCUT2D eigenvalue weighted by Crippen LogP contribution is 2.44. The van der Waals surface area contributed by atoms with Crippen LogP contribution in [0.1, 0.15) is 0 Å². The Bertz CT molecular complexity index is 3250. The van der Waals surface area contributed by atoms with E-state index in [1.807, 2.05) is 0 Å². The highest BCUT2D eigenvalue weighted by atomic mass is 15.1. The van der Waals surface area contributed by atoms with Crippen molar-refractivity contribution in [3.63, 3.8) is 0 Å². The number of nitrogens with zero attached hydrogens (tertiary/aromatic N) is 3. The number of pyridine rings is 2. The first-order chi connectivity index (χ1) is 29.3. The topological polar surface area (TPSA) is 29.0 Å². The number of hydrogen-bond donors (Lipinski definition) is 0. The van der Waals surface area contributed by atoms with Gasteiger partial charge in [0.15, 0.2) is 0 Å². The van der Waals surface area contributed by atoms with E-state index in [0.29, 0.717) is 0 Å². The lowest BCUT2D eigenvalue weighted by Crippen LogP contribution is -2.10. The average Bonchev–Trinajstić information content (AvgIpc) is 3.32. The van der Waals surface area contributed by atoms with Gasteiger partial charge in [0.05, 0.1) is 28.1 Å². The molecule has 0 unspecified atom stereocenters. The Labute approximate surface area is 343 Å². The number of para-hydroxylation sites is 4. The first kappa shape index (κ1) is 34.4. The smallest absolute Gasteiger partial charge is 0.0788 e. The molecular formula is C56H37N3. The number of aromatic nitrogens is 2. The molecule has 0 saturated carbocycles. The fourth-order valence-electron chi connectivity index (χ4n) is 8.62. The van der Waals surface area contributed by atoms with Gasteiger partial charge in [-0.3, -0.25) is 0 Å². The van der Waals surface area contributed by atoms with E-state index < -0.39 is 0 Å². The molecule has 11 rings (SSSR count). The molecule has 0 aliphatic rings. The Kier molecular flexibility index (Phi) is 8.49. The van der Waals surface area contributed by atoms with Gasteiger partial charge in [0.2, 0.25) is 0 Å². The summed E-state index contributed by atoms with van der Waals surface area (Å²) < 4.78 is 0. The van der Waals surface area contributed by atoms with E-state index in [-0.39, 0.29) is 0 Å². The minimum atomic E-state index is 0.939. The molecule has 0 bridgehead atoms. The van der Waals surface area contributed by atoms with Crippen LogP contribution in [0.25, 0.3) is 88.1 Å². The molecule has 59 heavy (non-hydrogen) atoms. The van der Waals surface area contributed by atoms with Gasteiger partial charge in [-0.15, -0.1) is 0 Å². The van der Waals surface area contributed by atoms with Crippen molar-refractivity contribution in [2.75, 3.05) is 4.90 Å². The Morgan fingerprint density at radius 3 is 1.51 bits per heavy atom. The number of fused-ring (bicyclic) bond motifs is 6. The largest absolute Gasteiger partial charge is 0.310 e. The van der Waals surface area contributed by atoms with Gasteiger partial charge in [-0.1, -0.05) is 176 Å². The van der Waals surface area contributed by atoms with E-state index in [1.54, 1.807) is 0 Å². The van der Waals surface area contributed by atoms with Crippen molar-refractivity contribution in [1.82, 2.24) is 9.97 Å². The SMILES string of the molecule is c1ccc(-c2ccc(-c3cc(-c4ccc(-c5nc6ccccc6c6c5ccc5c(N(c7ccccc7)c7ccccc7)cccc56)cc4)nc4ccccc34)cc2)cc1. The number of hydrogen-bond acceptors (Lipinski definition) is 3. The van der Waals surface area contributed by atoms with E-state index in [2.05, 4.69) is 229 Å². The molecule has 0 fully saturated rings. The quantitative estimate of drug-likeness (QED) is 0.152. The molecule has 276 valence electrons. The van der Waals surface area contributed by atoms with Crippen LogP contribution in [0.15, 0.2) is 224 Å². The van der Waals surface area contributed by atoms with Gasteiger partial charge in [-0.2, -0.15) is 0 Å². The molecule has 2 heterocycles. The maximum Gasteiger partial charge on any atom is 0.0788 e. The van der Waals surface area contributed by atoms with Crippen molar-refractivity contribution in [2.45, 2.75) is 0 Å². The highest BCUT2D eigenvalue weighted by molar-refractivity contribution is 6.24. The predicted molar refractivity (Wildman–Crippen MR) is 248 cm³/mol. The number of rotatable bonds is 7. The summed E-state index contributed by atoms with van der Waals surface area (Å²) in [4.78, 5) is 12.9. The molecule has 0 aliphatic heterocycles. The van der Waals surface area contributed by atoms with E-state index >= 15 is 0 Å². The molecule has 3 heteroatoms. The minimum absolute atomic E-state index is 0.939. The zero-order chi connectivity index (χ0) is 39.1. The Balaban J connectivity index is 1.03. The molecule has 0 aliphatic carbocycles. The monoisotopic (exact) mass is 751 g/mol. The maximum atomic E-state index is 5.33. The van der Waals surface area contributed by atoms with Gasteiger partial charge in [0.1, 0.15) is 0 Å². The van der Waals surface area contributed by atoms with Crippen molar-refractivity contribution in [2.24, 2.45) is 0 Å². The van der Waals surface area contributed by atoms with Gasteiger partial charge in [-0.05, 0) is 76.2 Å². The van der Waals surface area contributed by atoms with Crippen molar-refractivity contribution in [3.8, 4) is 44.8 Å². The van der Waals surface area contributed by atoms with Crippen molar-refractivity contribution >= 4 is 60.4 Å². The summed E-state index contributed by atoms with van der Waals surface area (Å²) in [6.45, 7) is 0. The molecule has 0 N–H and O–H groups in total. The van der Waals surface area contributed by atoms with Crippen molar-refractivity contribution in [3.05, 3.63) is 224 Å². The average molecular weight is 752 g/mol. The highest BCUT2D eigenvalue weighted by Gasteiger charge is 2.19. The van der Waals surface area contributed by atoms with Crippen molar-refractivity contribution in [1.29, 1.82) is 0 Å². The van der Waals surface area contributed by atoms with Crippen LogP contribution in [0.4, 0.5) is 17.1 Å². The van der Waals surface area contributed by atoms with Crippen LogP contribution >= 0.6 is 0 Å². The second kappa shape index (κ2) is 14.6. The van der Waals surface area contributed by atoms with Crippen LogP contribution in [-0.2, 0) is 0 Å². The molecule has 2 aromatic heterocycles. The summed E-state index contributed by atoms with van der Waals surface area (Å²) in [6.07, 6.45) is 0. The lowest BCUT2D eigenvalue weighted by molar-refractivity contribution is 1.30. The molecular weight excluding hydrogens is 715 g/mol. The molecule has 0 atom stereocenters. The third-order valence-electron chi connectivity index (χ3n) is 11.4. The molecule has 0 spiro atoms.